The van der Waals surface area contributed by atoms with Gasteiger partial charge in [-0.1, -0.05) is 34.6 Å². The van der Waals surface area contributed by atoms with Crippen LogP contribution in [0.25, 0.3) is 0 Å². The van der Waals surface area contributed by atoms with Gasteiger partial charge in [-0.25, -0.2) is 5.01 Å². The number of hydrogen-bond acceptors (Lipinski definition) is 3. The first-order chi connectivity index (χ1) is 7.42. The summed E-state index contributed by atoms with van der Waals surface area (Å²) in [6, 6.07) is 0. The summed E-state index contributed by atoms with van der Waals surface area (Å²) in [5.41, 5.74) is -0.851. The average molecular weight is 242 g/mol. The molecule has 102 valence electrons. The van der Waals surface area contributed by atoms with E-state index in [1.807, 2.05) is 18.9 Å². The van der Waals surface area contributed by atoms with Crippen molar-refractivity contribution in [2.24, 2.45) is 16.7 Å². The van der Waals surface area contributed by atoms with Crippen molar-refractivity contribution in [3.63, 3.8) is 0 Å². The van der Waals surface area contributed by atoms with Gasteiger partial charge in [-0.15, -0.1) is 0 Å². The third kappa shape index (κ3) is 2.71. The summed E-state index contributed by atoms with van der Waals surface area (Å²) in [7, 11) is 0. The van der Waals surface area contributed by atoms with E-state index in [2.05, 4.69) is 34.6 Å². The molecule has 0 amide bonds. The highest BCUT2D eigenvalue weighted by Gasteiger charge is 2.52. The minimum absolute atomic E-state index is 0.209. The van der Waals surface area contributed by atoms with Crippen LogP contribution in [0.2, 0.25) is 0 Å². The third-order valence-corrected chi connectivity index (χ3v) is 5.15. The van der Waals surface area contributed by atoms with E-state index in [1.54, 1.807) is 6.92 Å². The monoisotopic (exact) mass is 242 g/mol. The Kier molecular flexibility index (Phi) is 4.95. The van der Waals surface area contributed by atoms with E-state index >= 15 is 0 Å². The maximum atomic E-state index is 11.9. The first-order valence-corrected chi connectivity index (χ1v) is 6.46. The number of carbonyl (C=O) groups is 1. The number of hydrogen-bond donors (Lipinski definition) is 1. The molecule has 0 radical (unpaired) electrons. The van der Waals surface area contributed by atoms with Crippen LogP contribution in [-0.4, -0.2) is 22.9 Å². The molecule has 0 aromatic heterocycles. The number of nitrogens with two attached hydrogens (primary N) is 1. The molecule has 0 unspecified atom stereocenters. The average Bonchev–Trinajstić information content (AvgIpc) is 2.17. The Hall–Kier alpha value is -0.410. The zero-order chi connectivity index (χ0) is 14.1. The van der Waals surface area contributed by atoms with Gasteiger partial charge in [0.05, 0.1) is 0 Å². The normalized spacial score (nSPS) is 14.2. The van der Waals surface area contributed by atoms with Crippen LogP contribution in [0.15, 0.2) is 0 Å². The second-order valence-corrected chi connectivity index (χ2v) is 6.56. The lowest BCUT2D eigenvalue weighted by molar-refractivity contribution is -0.140. The quantitative estimate of drug-likeness (QED) is 0.575. The molecular weight excluding hydrogens is 212 g/mol. The molecule has 0 aromatic rings. The molecule has 0 saturated heterocycles. The molecule has 0 aliphatic carbocycles. The van der Waals surface area contributed by atoms with Gasteiger partial charge in [0.15, 0.2) is 0 Å². The summed E-state index contributed by atoms with van der Waals surface area (Å²) in [5.74, 6) is 6.38. The molecule has 2 N–H and O–H groups in total. The van der Waals surface area contributed by atoms with E-state index in [4.69, 9.17) is 5.84 Å². The van der Waals surface area contributed by atoms with Crippen molar-refractivity contribution < 1.29 is 4.79 Å². The van der Waals surface area contributed by atoms with Crippen LogP contribution in [0.3, 0.4) is 0 Å². The van der Waals surface area contributed by atoms with Gasteiger partial charge in [-0.3, -0.25) is 10.6 Å². The number of rotatable bonds is 6. The van der Waals surface area contributed by atoms with Gasteiger partial charge in [0.2, 0.25) is 0 Å². The molecular formula is C14H30N2O. The van der Waals surface area contributed by atoms with Gasteiger partial charge in [-0.05, 0) is 32.6 Å². The Morgan fingerprint density at radius 2 is 1.53 bits per heavy atom. The predicted molar refractivity (Wildman–Crippen MR) is 73.5 cm³/mol. The van der Waals surface area contributed by atoms with Gasteiger partial charge in [0.25, 0.3) is 0 Å². The molecule has 17 heavy (non-hydrogen) atoms. The first kappa shape index (κ1) is 16.6. The van der Waals surface area contributed by atoms with E-state index in [0.717, 1.165) is 13.0 Å². The lowest BCUT2D eigenvalue weighted by Crippen LogP contribution is -2.63. The third-order valence-electron chi connectivity index (χ3n) is 5.15. The molecule has 0 aromatic carbocycles. The lowest BCUT2D eigenvalue weighted by Gasteiger charge is -2.54. The van der Waals surface area contributed by atoms with Crippen LogP contribution in [0.5, 0.6) is 0 Å². The van der Waals surface area contributed by atoms with Crippen LogP contribution in [0.1, 0.15) is 61.8 Å². The van der Waals surface area contributed by atoms with Crippen molar-refractivity contribution in [3.8, 4) is 0 Å². The number of nitrogens with zero attached hydrogens (tertiary/aromatic N) is 1. The Bertz CT molecular complexity index is 280. The molecule has 0 atom stereocenters. The van der Waals surface area contributed by atoms with Crippen molar-refractivity contribution >= 4 is 5.78 Å². The van der Waals surface area contributed by atoms with Crippen LogP contribution >= 0.6 is 0 Å². The molecule has 0 saturated carbocycles. The van der Waals surface area contributed by atoms with E-state index in [-0.39, 0.29) is 16.7 Å². The minimum Gasteiger partial charge on any atom is -0.299 e. The summed E-state index contributed by atoms with van der Waals surface area (Å²) in [6.07, 6.45) is 1.01. The molecule has 0 rings (SSSR count). The predicted octanol–water partition coefficient (Wildman–Crippen LogP) is 2.99. The van der Waals surface area contributed by atoms with Crippen LogP contribution in [0, 0.1) is 10.8 Å². The smallest absolute Gasteiger partial charge is 0.136 e. The number of carbonyl (C=O) groups excluding carboxylic acids is 1. The first-order valence-electron chi connectivity index (χ1n) is 6.46. The summed E-state index contributed by atoms with van der Waals surface area (Å²) in [5, 5.41) is 1.87. The van der Waals surface area contributed by atoms with Crippen molar-refractivity contribution in [1.82, 2.24) is 5.01 Å². The van der Waals surface area contributed by atoms with E-state index < -0.39 is 5.41 Å². The molecule has 0 aliphatic heterocycles. The molecule has 0 aliphatic rings. The van der Waals surface area contributed by atoms with Gasteiger partial charge in [-0.2, -0.15) is 0 Å². The maximum absolute atomic E-state index is 11.9. The summed E-state index contributed by atoms with van der Waals surface area (Å²) in [4.78, 5) is 11.9. The van der Waals surface area contributed by atoms with Crippen LogP contribution < -0.4 is 5.84 Å². The number of ketones is 1. The van der Waals surface area contributed by atoms with Gasteiger partial charge in [0.1, 0.15) is 5.78 Å². The van der Waals surface area contributed by atoms with Crippen molar-refractivity contribution in [3.05, 3.63) is 0 Å². The second-order valence-electron chi connectivity index (χ2n) is 6.56. The fraction of sp³-hybridized carbons (Fsp3) is 0.929. The van der Waals surface area contributed by atoms with Crippen LogP contribution in [-0.2, 0) is 4.79 Å². The van der Waals surface area contributed by atoms with Crippen molar-refractivity contribution in [1.29, 1.82) is 0 Å². The van der Waals surface area contributed by atoms with E-state index in [9.17, 15) is 4.79 Å². The highest BCUT2D eigenvalue weighted by Crippen LogP contribution is 2.48. The van der Waals surface area contributed by atoms with Crippen LogP contribution in [0.4, 0.5) is 0 Å². The minimum atomic E-state index is -0.401. The summed E-state index contributed by atoms with van der Waals surface area (Å²) >= 11 is 0. The van der Waals surface area contributed by atoms with E-state index in [1.165, 1.54) is 0 Å². The molecule has 3 nitrogen and oxygen atoms in total. The Labute approximate surface area is 107 Å². The standard InChI is InChI=1S/C14H30N2O/c1-9-10-16(15)14(7,8)13(5,6)12(3,4)11(2)17/h9-10,15H2,1-8H3. The summed E-state index contributed by atoms with van der Waals surface area (Å²) < 4.78 is 0. The fourth-order valence-electron chi connectivity index (χ4n) is 2.08. The number of hydrazine groups is 1. The number of Topliss-reactive ketones (excluding diaryl/α,β-unsaturated/α-hetero) is 1. The lowest BCUT2D eigenvalue weighted by atomic mass is 9.57. The molecule has 0 spiro atoms. The zero-order valence-electron chi connectivity index (χ0n) is 12.8. The van der Waals surface area contributed by atoms with Crippen molar-refractivity contribution in [2.45, 2.75) is 67.3 Å². The zero-order valence-corrected chi connectivity index (χ0v) is 12.8. The molecule has 0 fully saturated rings. The SMILES string of the molecule is CCCN(N)C(C)(C)C(C)(C)C(C)(C)C(C)=O. The fourth-order valence-corrected chi connectivity index (χ4v) is 2.08. The Morgan fingerprint density at radius 3 is 1.82 bits per heavy atom. The van der Waals surface area contributed by atoms with Gasteiger partial charge in [0, 0.05) is 17.5 Å². The summed E-state index contributed by atoms with van der Waals surface area (Å²) in [6.45, 7) is 17.1. The van der Waals surface area contributed by atoms with E-state index in [0.29, 0.717) is 0 Å². The maximum Gasteiger partial charge on any atom is 0.136 e. The highest BCUT2D eigenvalue weighted by molar-refractivity contribution is 5.82. The largest absolute Gasteiger partial charge is 0.299 e. The second kappa shape index (κ2) is 5.07. The Morgan fingerprint density at radius 1 is 1.12 bits per heavy atom. The molecule has 0 bridgehead atoms. The van der Waals surface area contributed by atoms with Gasteiger partial charge >= 0.3 is 0 Å². The molecule has 3 heteroatoms. The van der Waals surface area contributed by atoms with Crippen molar-refractivity contribution in [2.75, 3.05) is 6.54 Å². The highest BCUT2D eigenvalue weighted by atomic mass is 16.1. The topological polar surface area (TPSA) is 46.3 Å². The Balaban J connectivity index is 5.36. The van der Waals surface area contributed by atoms with Gasteiger partial charge < -0.3 is 0 Å². The molecule has 0 heterocycles.